The Kier molecular flexibility index (Phi) is 6.86. The molecule has 32 heavy (non-hydrogen) atoms. The molecule has 0 aromatic heterocycles. The van der Waals surface area contributed by atoms with Crippen molar-refractivity contribution in [1.82, 2.24) is 0 Å². The molecule has 0 heteroatoms. The molecule has 4 rings (SSSR count). The van der Waals surface area contributed by atoms with E-state index in [-0.39, 0.29) is 0 Å². The van der Waals surface area contributed by atoms with Crippen LogP contribution in [0.4, 0.5) is 0 Å². The Hall–Kier alpha value is -4.88. The molecular weight excluding hydrogens is 384 g/mol. The molecule has 0 aliphatic rings. The first-order chi connectivity index (χ1) is 15.9. The van der Waals surface area contributed by atoms with Crippen LogP contribution in [-0.2, 0) is 0 Å². The average Bonchev–Trinajstić information content (AvgIpc) is 2.86. The Morgan fingerprint density at radius 3 is 0.969 bits per heavy atom. The van der Waals surface area contributed by atoms with Gasteiger partial charge in [0.15, 0.2) is 0 Å². The smallest absolute Gasteiger partial charge is 0.0412 e. The van der Waals surface area contributed by atoms with E-state index in [2.05, 4.69) is 47.4 Å². The van der Waals surface area contributed by atoms with E-state index in [0.717, 1.165) is 33.4 Å². The minimum absolute atomic E-state index is 0.863. The molecule has 0 atom stereocenters. The topological polar surface area (TPSA) is 0 Å². The molecule has 0 nitrogen and oxygen atoms in total. The number of hydrogen-bond donors (Lipinski definition) is 0. The monoisotopic (exact) mass is 402 g/mol. The highest BCUT2D eigenvalue weighted by Gasteiger charge is 1.96. The Bertz CT molecular complexity index is 1340. The van der Waals surface area contributed by atoms with Gasteiger partial charge in [-0.2, -0.15) is 0 Å². The van der Waals surface area contributed by atoms with Crippen molar-refractivity contribution in [3.8, 4) is 47.4 Å². The molecular formula is C32H18. The first-order valence-electron chi connectivity index (χ1n) is 10.2. The van der Waals surface area contributed by atoms with Crippen LogP contribution in [0.1, 0.15) is 33.4 Å². The van der Waals surface area contributed by atoms with E-state index in [1.165, 1.54) is 0 Å². The van der Waals surface area contributed by atoms with Gasteiger partial charge in [0.2, 0.25) is 0 Å². The predicted octanol–water partition coefficient (Wildman–Crippen LogP) is 5.89. The molecule has 0 aliphatic carbocycles. The summed E-state index contributed by atoms with van der Waals surface area (Å²) in [7, 11) is 0. The normalized spacial score (nSPS) is 8.88. The molecule has 0 fully saturated rings. The summed E-state index contributed by atoms with van der Waals surface area (Å²) in [5.41, 5.74) is 5.45. The summed E-state index contributed by atoms with van der Waals surface area (Å²) >= 11 is 0. The van der Waals surface area contributed by atoms with Gasteiger partial charge in [-0.3, -0.25) is 0 Å². The van der Waals surface area contributed by atoms with Gasteiger partial charge in [0.1, 0.15) is 0 Å². The van der Waals surface area contributed by atoms with Crippen LogP contribution in [0.2, 0.25) is 0 Å². The lowest BCUT2D eigenvalue weighted by molar-refractivity contribution is 1.58. The molecule has 0 saturated heterocycles. The summed E-state index contributed by atoms with van der Waals surface area (Å²) in [6.45, 7) is 0. The van der Waals surface area contributed by atoms with Crippen LogP contribution in [0, 0.1) is 47.4 Å². The van der Waals surface area contributed by atoms with Crippen LogP contribution < -0.4 is 0 Å². The molecule has 4 aromatic carbocycles. The minimum Gasteiger partial charge on any atom is -0.0622 e. The Labute approximate surface area is 190 Å². The quantitative estimate of drug-likeness (QED) is 0.322. The fourth-order valence-electron chi connectivity index (χ4n) is 2.92. The molecule has 0 saturated carbocycles. The molecule has 0 heterocycles. The Morgan fingerprint density at radius 2 is 0.594 bits per heavy atom. The number of benzene rings is 4. The van der Waals surface area contributed by atoms with Gasteiger partial charge in [0.25, 0.3) is 0 Å². The fraction of sp³-hybridized carbons (Fsp3) is 0. The predicted molar refractivity (Wildman–Crippen MR) is 131 cm³/mol. The lowest BCUT2D eigenvalue weighted by atomic mass is 10.1. The van der Waals surface area contributed by atoms with Gasteiger partial charge in [-0.1, -0.05) is 96.2 Å². The second kappa shape index (κ2) is 10.8. The molecule has 0 bridgehead atoms. The minimum atomic E-state index is 0.863. The van der Waals surface area contributed by atoms with Crippen molar-refractivity contribution in [2.45, 2.75) is 0 Å². The third kappa shape index (κ3) is 5.82. The third-order valence-corrected chi connectivity index (χ3v) is 4.54. The zero-order chi connectivity index (χ0) is 21.8. The summed E-state index contributed by atoms with van der Waals surface area (Å²) < 4.78 is 0. The van der Waals surface area contributed by atoms with Gasteiger partial charge in [-0.25, -0.2) is 0 Å². The lowest BCUT2D eigenvalue weighted by Crippen LogP contribution is -1.83. The zero-order valence-electron chi connectivity index (χ0n) is 17.4. The van der Waals surface area contributed by atoms with Crippen molar-refractivity contribution < 1.29 is 0 Å². The van der Waals surface area contributed by atoms with Crippen LogP contribution in [0.5, 0.6) is 0 Å². The molecule has 4 aromatic rings. The molecule has 0 amide bonds. The Morgan fingerprint density at radius 1 is 0.281 bits per heavy atom. The van der Waals surface area contributed by atoms with E-state index in [4.69, 9.17) is 0 Å². The number of rotatable bonds is 0. The first-order valence-corrected chi connectivity index (χ1v) is 10.2. The van der Waals surface area contributed by atoms with Crippen molar-refractivity contribution in [2.24, 2.45) is 0 Å². The molecule has 0 aliphatic heterocycles. The first kappa shape index (κ1) is 20.4. The fourth-order valence-corrected chi connectivity index (χ4v) is 2.92. The van der Waals surface area contributed by atoms with Crippen molar-refractivity contribution >= 4 is 0 Å². The van der Waals surface area contributed by atoms with Gasteiger partial charge in [-0.05, 0) is 60.4 Å². The standard InChI is InChI=1S/C32H18/c1-3-13-27(14-4-1)23-25-31-21-11-9-19-29(31)17-7-8-18-30-20-10-12-22-32(30)26-24-28-15-5-2-6-16-28/h1-6,9-16,19-22H. The van der Waals surface area contributed by atoms with E-state index < -0.39 is 0 Å². The average molecular weight is 402 g/mol. The Balaban J connectivity index is 1.56. The van der Waals surface area contributed by atoms with Crippen LogP contribution >= 0.6 is 0 Å². The van der Waals surface area contributed by atoms with Crippen molar-refractivity contribution in [1.29, 1.82) is 0 Å². The maximum absolute atomic E-state index is 3.21. The van der Waals surface area contributed by atoms with E-state index in [1.807, 2.05) is 109 Å². The summed E-state index contributed by atoms with van der Waals surface area (Å²) in [4.78, 5) is 0. The summed E-state index contributed by atoms with van der Waals surface area (Å²) in [5.74, 6) is 25.0. The molecule has 146 valence electrons. The number of hydrogen-bond acceptors (Lipinski definition) is 0. The lowest BCUT2D eigenvalue weighted by Gasteiger charge is -1.95. The highest BCUT2D eigenvalue weighted by atomic mass is 14.0. The van der Waals surface area contributed by atoms with Gasteiger partial charge in [0.05, 0.1) is 0 Å². The summed E-state index contributed by atoms with van der Waals surface area (Å²) in [6, 6.07) is 35.6. The van der Waals surface area contributed by atoms with Crippen LogP contribution in [0.3, 0.4) is 0 Å². The van der Waals surface area contributed by atoms with E-state index >= 15 is 0 Å². The van der Waals surface area contributed by atoms with Gasteiger partial charge in [-0.15, -0.1) is 0 Å². The van der Waals surface area contributed by atoms with Crippen molar-refractivity contribution in [3.05, 3.63) is 143 Å². The maximum Gasteiger partial charge on any atom is 0.0412 e. The SMILES string of the molecule is C(C#Cc1ccccc1C#Cc1ccccc1)#Cc1ccccc1C#Cc1ccccc1. The van der Waals surface area contributed by atoms with E-state index in [9.17, 15) is 0 Å². The molecule has 0 N–H and O–H groups in total. The summed E-state index contributed by atoms with van der Waals surface area (Å²) in [6.07, 6.45) is 0. The highest BCUT2D eigenvalue weighted by Crippen LogP contribution is 2.08. The van der Waals surface area contributed by atoms with Gasteiger partial charge >= 0.3 is 0 Å². The van der Waals surface area contributed by atoms with Crippen LogP contribution in [0.15, 0.2) is 109 Å². The molecule has 0 spiro atoms. The molecule has 0 radical (unpaired) electrons. The maximum atomic E-state index is 3.21. The van der Waals surface area contributed by atoms with Crippen LogP contribution in [-0.4, -0.2) is 0 Å². The van der Waals surface area contributed by atoms with E-state index in [0.29, 0.717) is 0 Å². The molecule has 0 unspecified atom stereocenters. The second-order valence-electron chi connectivity index (χ2n) is 6.82. The zero-order valence-corrected chi connectivity index (χ0v) is 17.4. The van der Waals surface area contributed by atoms with Crippen LogP contribution in [0.25, 0.3) is 0 Å². The third-order valence-electron chi connectivity index (χ3n) is 4.54. The highest BCUT2D eigenvalue weighted by molar-refractivity contribution is 5.56. The van der Waals surface area contributed by atoms with Gasteiger partial charge < -0.3 is 0 Å². The largest absolute Gasteiger partial charge is 0.0622 e. The van der Waals surface area contributed by atoms with Crippen molar-refractivity contribution in [2.75, 3.05) is 0 Å². The van der Waals surface area contributed by atoms with Gasteiger partial charge in [0, 0.05) is 33.4 Å². The summed E-state index contributed by atoms with van der Waals surface area (Å²) in [5, 5.41) is 0. The second-order valence-corrected chi connectivity index (χ2v) is 6.82. The van der Waals surface area contributed by atoms with E-state index in [1.54, 1.807) is 0 Å². The van der Waals surface area contributed by atoms with Crippen molar-refractivity contribution in [3.63, 3.8) is 0 Å².